The van der Waals surface area contributed by atoms with Crippen molar-refractivity contribution in [2.75, 3.05) is 7.11 Å². The lowest BCUT2D eigenvalue weighted by atomic mass is 10.0. The van der Waals surface area contributed by atoms with Crippen molar-refractivity contribution in [3.63, 3.8) is 0 Å². The maximum Gasteiger partial charge on any atom is 0.408 e. The third-order valence-corrected chi connectivity index (χ3v) is 2.69. The van der Waals surface area contributed by atoms with Gasteiger partial charge in [-0.3, -0.25) is 9.59 Å². The third kappa shape index (κ3) is 8.50. The van der Waals surface area contributed by atoms with Crippen LogP contribution in [0.15, 0.2) is 0 Å². The lowest BCUT2D eigenvalue weighted by molar-refractivity contribution is -0.141. The largest absolute Gasteiger partial charge is 0.469 e. The van der Waals surface area contributed by atoms with E-state index >= 15 is 0 Å². The van der Waals surface area contributed by atoms with Gasteiger partial charge in [0.2, 0.25) is 0 Å². The molecule has 20 heavy (non-hydrogen) atoms. The summed E-state index contributed by atoms with van der Waals surface area (Å²) in [6, 6.07) is -0.361. The number of methoxy groups -OCH3 is 1. The number of carbonyl (C=O) groups excluding carboxylic acids is 3. The van der Waals surface area contributed by atoms with Crippen LogP contribution in [-0.4, -0.2) is 37.1 Å². The Morgan fingerprint density at radius 1 is 1.25 bits per heavy atom. The predicted molar refractivity (Wildman–Crippen MR) is 74.3 cm³/mol. The summed E-state index contributed by atoms with van der Waals surface area (Å²) in [5, 5.41) is 2.61. The lowest BCUT2D eigenvalue weighted by Gasteiger charge is -2.22. The zero-order valence-corrected chi connectivity index (χ0v) is 12.9. The van der Waals surface area contributed by atoms with E-state index in [0.717, 1.165) is 6.42 Å². The van der Waals surface area contributed by atoms with Crippen LogP contribution in [0.1, 0.15) is 47.0 Å². The van der Waals surface area contributed by atoms with E-state index in [2.05, 4.69) is 23.9 Å². The Balaban J connectivity index is 4.50. The number of ether oxygens (including phenoxy) is 2. The van der Waals surface area contributed by atoms with Gasteiger partial charge < -0.3 is 14.8 Å². The molecule has 0 saturated heterocycles. The Hall–Kier alpha value is -1.59. The van der Waals surface area contributed by atoms with Gasteiger partial charge in [-0.1, -0.05) is 13.8 Å². The highest BCUT2D eigenvalue weighted by Gasteiger charge is 2.24. The van der Waals surface area contributed by atoms with Crippen molar-refractivity contribution in [3.05, 3.63) is 0 Å². The fraction of sp³-hybridized carbons (Fsp3) is 0.786. The average molecular weight is 287 g/mol. The molecule has 0 heterocycles. The molecule has 1 amide bonds. The molecule has 0 rings (SSSR count). The number of alkyl carbamates (subject to hydrolysis) is 1. The van der Waals surface area contributed by atoms with Crippen LogP contribution in [0.4, 0.5) is 4.79 Å². The second-order valence-corrected chi connectivity index (χ2v) is 5.70. The number of rotatable bonds is 8. The van der Waals surface area contributed by atoms with E-state index in [-0.39, 0.29) is 12.5 Å². The zero-order valence-electron chi connectivity index (χ0n) is 12.9. The van der Waals surface area contributed by atoms with E-state index in [4.69, 9.17) is 4.74 Å². The van der Waals surface area contributed by atoms with E-state index in [1.807, 2.05) is 0 Å². The minimum atomic E-state index is -1.18. The Kier molecular flexibility index (Phi) is 7.87. The Morgan fingerprint density at radius 3 is 2.30 bits per heavy atom. The van der Waals surface area contributed by atoms with Crippen LogP contribution in [0.2, 0.25) is 0 Å². The van der Waals surface area contributed by atoms with Crippen molar-refractivity contribution >= 4 is 18.3 Å². The van der Waals surface area contributed by atoms with E-state index in [9.17, 15) is 14.4 Å². The lowest BCUT2D eigenvalue weighted by Crippen LogP contribution is -2.42. The number of hydrogen-bond acceptors (Lipinski definition) is 5. The first-order valence-electron chi connectivity index (χ1n) is 6.72. The summed E-state index contributed by atoms with van der Waals surface area (Å²) in [5.74, 6) is 0.0630. The van der Waals surface area contributed by atoms with Crippen molar-refractivity contribution in [2.24, 2.45) is 5.92 Å². The summed E-state index contributed by atoms with van der Waals surface area (Å²) in [5.41, 5.74) is -1.18. The van der Waals surface area contributed by atoms with Crippen LogP contribution in [0.5, 0.6) is 0 Å². The average Bonchev–Trinajstić information content (AvgIpc) is 2.34. The highest BCUT2D eigenvalue weighted by Crippen LogP contribution is 2.11. The van der Waals surface area contributed by atoms with Gasteiger partial charge in [-0.25, -0.2) is 4.79 Å². The standard InChI is InChI=1S/C14H25NO5/c1-10(2)6-7-11(8-12(17)19-5)15-13(18)20-14(3,4)9-16/h9-11H,6-8H2,1-5H3,(H,15,18). The van der Waals surface area contributed by atoms with Crippen LogP contribution in [0.25, 0.3) is 0 Å². The number of aldehydes is 1. The van der Waals surface area contributed by atoms with Crippen LogP contribution in [-0.2, 0) is 19.1 Å². The fourth-order valence-electron chi connectivity index (χ4n) is 1.50. The molecule has 116 valence electrons. The number of amides is 1. The summed E-state index contributed by atoms with van der Waals surface area (Å²) in [7, 11) is 1.30. The molecule has 0 fully saturated rings. The number of carbonyl (C=O) groups is 3. The number of hydrogen-bond donors (Lipinski definition) is 1. The van der Waals surface area contributed by atoms with Gasteiger partial charge in [0, 0.05) is 6.04 Å². The van der Waals surface area contributed by atoms with Crippen LogP contribution in [0.3, 0.4) is 0 Å². The van der Waals surface area contributed by atoms with Gasteiger partial charge in [-0.05, 0) is 32.6 Å². The molecule has 0 aliphatic rings. The summed E-state index contributed by atoms with van der Waals surface area (Å²) >= 11 is 0. The molecule has 0 aromatic rings. The predicted octanol–water partition coefficient (Wildman–Crippen LogP) is 2.06. The third-order valence-electron chi connectivity index (χ3n) is 2.69. The quantitative estimate of drug-likeness (QED) is 0.546. The molecule has 0 bridgehead atoms. The van der Waals surface area contributed by atoms with Crippen LogP contribution >= 0.6 is 0 Å². The Labute approximate surface area is 120 Å². The van der Waals surface area contributed by atoms with E-state index in [1.54, 1.807) is 0 Å². The first-order valence-corrected chi connectivity index (χ1v) is 6.72. The second-order valence-electron chi connectivity index (χ2n) is 5.70. The molecule has 6 heteroatoms. The van der Waals surface area contributed by atoms with Gasteiger partial charge >= 0.3 is 12.1 Å². The topological polar surface area (TPSA) is 81.7 Å². The molecule has 6 nitrogen and oxygen atoms in total. The first kappa shape index (κ1) is 18.4. The van der Waals surface area contributed by atoms with Crippen molar-refractivity contribution in [3.8, 4) is 0 Å². The molecule has 0 aliphatic carbocycles. The van der Waals surface area contributed by atoms with Gasteiger partial charge in [0.05, 0.1) is 13.5 Å². The Morgan fingerprint density at radius 2 is 1.85 bits per heavy atom. The second kappa shape index (κ2) is 8.55. The molecule has 0 aromatic carbocycles. The molecule has 0 radical (unpaired) electrons. The maximum atomic E-state index is 11.7. The summed E-state index contributed by atoms with van der Waals surface area (Å²) in [4.78, 5) is 33.7. The maximum absolute atomic E-state index is 11.7. The van der Waals surface area contributed by atoms with Gasteiger partial charge in [0.25, 0.3) is 0 Å². The van der Waals surface area contributed by atoms with E-state index in [0.29, 0.717) is 18.6 Å². The van der Waals surface area contributed by atoms with Gasteiger partial charge in [-0.2, -0.15) is 0 Å². The van der Waals surface area contributed by atoms with Crippen molar-refractivity contribution in [1.29, 1.82) is 0 Å². The van der Waals surface area contributed by atoms with Crippen LogP contribution in [0, 0.1) is 5.92 Å². The SMILES string of the molecule is COC(=O)CC(CCC(C)C)NC(=O)OC(C)(C)C=O. The molecule has 1 atom stereocenters. The van der Waals surface area contributed by atoms with Gasteiger partial charge in [0.1, 0.15) is 0 Å². The first-order chi connectivity index (χ1) is 9.20. The van der Waals surface area contributed by atoms with Crippen molar-refractivity contribution in [2.45, 2.75) is 58.6 Å². The minimum absolute atomic E-state index is 0.0832. The summed E-state index contributed by atoms with van der Waals surface area (Å²) in [6.07, 6.45) is 1.43. The number of nitrogens with one attached hydrogen (secondary N) is 1. The molecular formula is C14H25NO5. The summed E-state index contributed by atoms with van der Waals surface area (Å²) < 4.78 is 9.57. The van der Waals surface area contributed by atoms with E-state index < -0.39 is 17.7 Å². The highest BCUT2D eigenvalue weighted by atomic mass is 16.6. The zero-order chi connectivity index (χ0) is 15.8. The molecule has 1 N–H and O–H groups in total. The molecule has 0 aliphatic heterocycles. The molecule has 1 unspecified atom stereocenters. The summed E-state index contributed by atoms with van der Waals surface area (Å²) in [6.45, 7) is 7.10. The molecule has 0 aromatic heterocycles. The molecule has 0 saturated carbocycles. The van der Waals surface area contributed by atoms with E-state index in [1.165, 1.54) is 21.0 Å². The van der Waals surface area contributed by atoms with Crippen molar-refractivity contribution < 1.29 is 23.9 Å². The molecule has 0 spiro atoms. The monoisotopic (exact) mass is 287 g/mol. The smallest absolute Gasteiger partial charge is 0.408 e. The molecular weight excluding hydrogens is 262 g/mol. The minimum Gasteiger partial charge on any atom is -0.469 e. The highest BCUT2D eigenvalue weighted by molar-refractivity contribution is 5.75. The Bertz CT molecular complexity index is 338. The number of esters is 1. The van der Waals surface area contributed by atoms with Gasteiger partial charge in [-0.15, -0.1) is 0 Å². The van der Waals surface area contributed by atoms with Crippen LogP contribution < -0.4 is 5.32 Å². The van der Waals surface area contributed by atoms with Crippen molar-refractivity contribution in [1.82, 2.24) is 5.32 Å². The normalized spacial score (nSPS) is 12.7. The van der Waals surface area contributed by atoms with Gasteiger partial charge in [0.15, 0.2) is 11.9 Å². The fourth-order valence-corrected chi connectivity index (χ4v) is 1.50.